The second kappa shape index (κ2) is 11.3. The molecule has 0 N–H and O–H groups in total. The summed E-state index contributed by atoms with van der Waals surface area (Å²) in [6.45, 7) is 4.27. The Kier molecular flexibility index (Phi) is 9.07. The summed E-state index contributed by atoms with van der Waals surface area (Å²) in [5, 5.41) is 4.05. The van der Waals surface area contributed by atoms with Crippen molar-refractivity contribution >= 4 is 29.1 Å². The van der Waals surface area contributed by atoms with E-state index in [1.54, 1.807) is 0 Å². The lowest BCUT2D eigenvalue weighted by Gasteiger charge is -2.28. The van der Waals surface area contributed by atoms with Gasteiger partial charge in [-0.3, -0.25) is 4.79 Å². The standard InChI is InChI=1S/C25H28O2P.BrH/c1-3-27-25(26)21(2)19-20-28(22-13-7-4-8-14-22,23-15-9-5-10-16-23)24-17-11-6-12-18-24;/h4-18,21H,3,19-20H2,1-2H3;1H/q+1;/p-1. The Morgan fingerprint density at radius 2 is 1.17 bits per heavy atom. The molecule has 0 saturated carbocycles. The molecule has 0 aliphatic heterocycles. The van der Waals surface area contributed by atoms with Crippen LogP contribution in [-0.2, 0) is 9.53 Å². The zero-order valence-electron chi connectivity index (χ0n) is 17.0. The Balaban J connectivity index is 0.00000300. The van der Waals surface area contributed by atoms with Gasteiger partial charge in [-0.25, -0.2) is 0 Å². The smallest absolute Gasteiger partial charge is 0.308 e. The summed E-state index contributed by atoms with van der Waals surface area (Å²) in [5.74, 6) is -0.217. The van der Waals surface area contributed by atoms with E-state index in [0.29, 0.717) is 6.61 Å². The average molecular weight is 471 g/mol. The lowest BCUT2D eigenvalue weighted by Crippen LogP contribution is -3.00. The number of hydrogen-bond donors (Lipinski definition) is 0. The quantitative estimate of drug-likeness (QED) is 0.369. The molecule has 0 fully saturated rings. The van der Waals surface area contributed by atoms with Crippen LogP contribution >= 0.6 is 7.26 Å². The van der Waals surface area contributed by atoms with Crippen LogP contribution < -0.4 is 32.9 Å². The minimum atomic E-state index is -1.87. The van der Waals surface area contributed by atoms with Crippen molar-refractivity contribution in [1.82, 2.24) is 0 Å². The van der Waals surface area contributed by atoms with E-state index in [9.17, 15) is 4.79 Å². The topological polar surface area (TPSA) is 26.3 Å². The Hall–Kier alpha value is -1.96. The third kappa shape index (κ3) is 5.35. The van der Waals surface area contributed by atoms with Crippen molar-refractivity contribution in [3.63, 3.8) is 0 Å². The summed E-state index contributed by atoms with van der Waals surface area (Å²) in [6, 6.07) is 32.3. The molecule has 0 amide bonds. The van der Waals surface area contributed by atoms with E-state index in [4.69, 9.17) is 4.74 Å². The van der Waals surface area contributed by atoms with Crippen molar-refractivity contribution in [3.05, 3.63) is 91.0 Å². The number of carbonyl (C=O) groups excluding carboxylic acids is 1. The lowest BCUT2D eigenvalue weighted by atomic mass is 10.1. The van der Waals surface area contributed by atoms with E-state index in [-0.39, 0.29) is 28.9 Å². The first-order chi connectivity index (χ1) is 13.7. The van der Waals surface area contributed by atoms with Crippen molar-refractivity contribution < 1.29 is 26.5 Å². The fourth-order valence-corrected chi connectivity index (χ4v) is 8.16. The molecule has 0 aliphatic rings. The molecule has 29 heavy (non-hydrogen) atoms. The molecule has 1 unspecified atom stereocenters. The molecule has 3 aromatic carbocycles. The zero-order chi connectivity index (χ0) is 19.8. The van der Waals surface area contributed by atoms with E-state index >= 15 is 0 Å². The van der Waals surface area contributed by atoms with Gasteiger partial charge in [0.05, 0.1) is 18.7 Å². The maximum atomic E-state index is 12.3. The van der Waals surface area contributed by atoms with Crippen LogP contribution in [0.3, 0.4) is 0 Å². The SMILES string of the molecule is CCOC(=O)C(C)CC[P+](c1ccccc1)(c1ccccc1)c1ccccc1.[Br-]. The highest BCUT2D eigenvalue weighted by Crippen LogP contribution is 2.56. The van der Waals surface area contributed by atoms with Crippen LogP contribution in [0.1, 0.15) is 20.3 Å². The molecule has 3 rings (SSSR count). The molecular formula is C25H28BrO2P. The van der Waals surface area contributed by atoms with Crippen molar-refractivity contribution in [2.24, 2.45) is 5.92 Å². The Labute approximate surface area is 185 Å². The first-order valence-corrected chi connectivity index (χ1v) is 11.9. The first-order valence-electron chi connectivity index (χ1n) is 9.90. The number of halogens is 1. The van der Waals surface area contributed by atoms with E-state index < -0.39 is 7.26 Å². The minimum absolute atomic E-state index is 0. The van der Waals surface area contributed by atoms with Gasteiger partial charge in [0.1, 0.15) is 23.2 Å². The predicted octanol–water partition coefficient (Wildman–Crippen LogP) is 1.57. The maximum Gasteiger partial charge on any atom is 0.308 e. The molecule has 1 atom stereocenters. The van der Waals surface area contributed by atoms with Crippen LogP contribution in [0.15, 0.2) is 91.0 Å². The van der Waals surface area contributed by atoms with Crippen LogP contribution in [0.5, 0.6) is 0 Å². The Morgan fingerprint density at radius 3 is 1.52 bits per heavy atom. The lowest BCUT2D eigenvalue weighted by molar-refractivity contribution is -0.147. The van der Waals surface area contributed by atoms with Gasteiger partial charge < -0.3 is 21.7 Å². The molecule has 0 radical (unpaired) electrons. The minimum Gasteiger partial charge on any atom is -1.00 e. The summed E-state index contributed by atoms with van der Waals surface area (Å²) >= 11 is 0. The van der Waals surface area contributed by atoms with Gasteiger partial charge in [-0.15, -0.1) is 0 Å². The first kappa shape index (κ1) is 23.3. The summed E-state index contributed by atoms with van der Waals surface area (Å²) in [6.07, 6.45) is 1.73. The molecule has 0 saturated heterocycles. The number of ether oxygens (including phenoxy) is 1. The number of esters is 1. The van der Waals surface area contributed by atoms with Gasteiger partial charge in [0, 0.05) is 0 Å². The summed E-state index contributed by atoms with van der Waals surface area (Å²) in [4.78, 5) is 12.3. The van der Waals surface area contributed by atoms with Crippen molar-refractivity contribution in [3.8, 4) is 0 Å². The normalized spacial score (nSPS) is 11.9. The molecule has 0 bridgehead atoms. The monoisotopic (exact) mass is 470 g/mol. The third-order valence-electron chi connectivity index (χ3n) is 5.18. The van der Waals surface area contributed by atoms with Crippen LogP contribution in [-0.4, -0.2) is 18.7 Å². The molecule has 0 aromatic heterocycles. The number of hydrogen-bond acceptors (Lipinski definition) is 2. The second-order valence-electron chi connectivity index (χ2n) is 6.98. The van der Waals surface area contributed by atoms with Gasteiger partial charge in [0.25, 0.3) is 0 Å². The molecule has 152 valence electrons. The molecule has 2 nitrogen and oxygen atoms in total. The molecule has 4 heteroatoms. The third-order valence-corrected chi connectivity index (χ3v) is 9.65. The van der Waals surface area contributed by atoms with E-state index in [2.05, 4.69) is 91.0 Å². The summed E-state index contributed by atoms with van der Waals surface area (Å²) in [7, 11) is -1.87. The Bertz CT molecular complexity index is 772. The van der Waals surface area contributed by atoms with Crippen molar-refractivity contribution in [2.45, 2.75) is 20.3 Å². The van der Waals surface area contributed by atoms with E-state index in [1.165, 1.54) is 15.9 Å². The highest BCUT2D eigenvalue weighted by molar-refractivity contribution is 7.95. The number of benzene rings is 3. The van der Waals surface area contributed by atoms with Crippen LogP contribution in [0.4, 0.5) is 0 Å². The summed E-state index contributed by atoms with van der Waals surface area (Å²) < 4.78 is 5.26. The molecule has 0 heterocycles. The second-order valence-corrected chi connectivity index (χ2v) is 10.6. The van der Waals surface area contributed by atoms with Crippen LogP contribution in [0.2, 0.25) is 0 Å². The number of rotatable bonds is 8. The van der Waals surface area contributed by atoms with E-state index in [1.807, 2.05) is 13.8 Å². The predicted molar refractivity (Wildman–Crippen MR) is 120 cm³/mol. The van der Waals surface area contributed by atoms with Crippen molar-refractivity contribution in [2.75, 3.05) is 12.8 Å². The maximum absolute atomic E-state index is 12.3. The van der Waals surface area contributed by atoms with Gasteiger partial charge >= 0.3 is 5.97 Å². The van der Waals surface area contributed by atoms with Gasteiger partial charge in [0.2, 0.25) is 0 Å². The van der Waals surface area contributed by atoms with Crippen LogP contribution in [0, 0.1) is 5.92 Å². The van der Waals surface area contributed by atoms with Gasteiger partial charge in [-0.2, -0.15) is 0 Å². The average Bonchev–Trinajstić information content (AvgIpc) is 2.76. The molecule has 0 spiro atoms. The summed E-state index contributed by atoms with van der Waals surface area (Å²) in [5.41, 5.74) is 0. The highest BCUT2D eigenvalue weighted by atomic mass is 79.9. The highest BCUT2D eigenvalue weighted by Gasteiger charge is 2.45. The Morgan fingerprint density at radius 1 is 0.793 bits per heavy atom. The molecular weight excluding hydrogens is 443 g/mol. The molecule has 3 aromatic rings. The largest absolute Gasteiger partial charge is 1.00 e. The van der Waals surface area contributed by atoms with Gasteiger partial charge in [-0.05, 0) is 49.7 Å². The van der Waals surface area contributed by atoms with Crippen molar-refractivity contribution in [1.29, 1.82) is 0 Å². The number of carbonyl (C=O) groups is 1. The fourth-order valence-electron chi connectivity index (χ4n) is 3.67. The van der Waals surface area contributed by atoms with Gasteiger partial charge in [-0.1, -0.05) is 61.5 Å². The van der Waals surface area contributed by atoms with E-state index in [0.717, 1.165) is 12.6 Å². The van der Waals surface area contributed by atoms with Crippen LogP contribution in [0.25, 0.3) is 0 Å². The van der Waals surface area contributed by atoms with Gasteiger partial charge in [0.15, 0.2) is 0 Å². The molecule has 0 aliphatic carbocycles. The fraction of sp³-hybridized carbons (Fsp3) is 0.240. The zero-order valence-corrected chi connectivity index (χ0v) is 19.5.